The number of fused-ring (bicyclic) bond motifs is 3. The number of carbonyl (C=O) groups is 1. The fourth-order valence-electron chi connectivity index (χ4n) is 4.80. The number of nitrogens with one attached hydrogen (secondary N) is 3. The van der Waals surface area contributed by atoms with Gasteiger partial charge in [0.25, 0.3) is 0 Å². The topological polar surface area (TPSA) is 109 Å². The number of halogens is 1. The minimum Gasteiger partial charge on any atom is -0.476 e. The molecule has 0 saturated carbocycles. The smallest absolute Gasteiger partial charge is 0.331 e. The van der Waals surface area contributed by atoms with Gasteiger partial charge in [-0.05, 0) is 41.5 Å². The molecule has 166 valence electrons. The van der Waals surface area contributed by atoms with E-state index < -0.39 is 22.1 Å². The molecule has 1 aliphatic heterocycles. The maximum Gasteiger partial charge on any atom is 0.331 e. The molecule has 3 N–H and O–H groups in total. The summed E-state index contributed by atoms with van der Waals surface area (Å²) in [5.74, 6) is 0.251. The maximum absolute atomic E-state index is 14.1. The predicted octanol–water partition coefficient (Wildman–Crippen LogP) is 3.37. The number of anilines is 1. The summed E-state index contributed by atoms with van der Waals surface area (Å²) >= 11 is 0. The van der Waals surface area contributed by atoms with E-state index in [0.717, 1.165) is 41.5 Å². The molecule has 3 aliphatic rings. The molecule has 8 nitrogen and oxygen atoms in total. The Kier molecular flexibility index (Phi) is 4.55. The fourth-order valence-corrected chi connectivity index (χ4v) is 5.83. The van der Waals surface area contributed by atoms with Crippen LogP contribution < -0.4 is 14.8 Å². The minimum atomic E-state index is -3.70. The van der Waals surface area contributed by atoms with E-state index in [1.807, 2.05) is 13.8 Å². The summed E-state index contributed by atoms with van der Waals surface area (Å²) in [5.41, 5.74) is 4.38. The van der Waals surface area contributed by atoms with Gasteiger partial charge in [-0.25, -0.2) is 27.6 Å². The molecule has 1 aromatic carbocycles. The molecule has 31 heavy (non-hydrogen) atoms. The number of aromatic nitrogens is 2. The maximum atomic E-state index is 14.1. The van der Waals surface area contributed by atoms with Crippen molar-refractivity contribution in [1.82, 2.24) is 14.5 Å². The third-order valence-electron chi connectivity index (χ3n) is 6.19. The monoisotopic (exact) mass is 447 g/mol. The lowest BCUT2D eigenvalue weighted by molar-refractivity contribution is 0.0971. The van der Waals surface area contributed by atoms with Crippen molar-refractivity contribution in [2.24, 2.45) is 5.41 Å². The Balaban J connectivity index is 1.40. The summed E-state index contributed by atoms with van der Waals surface area (Å²) in [6, 6.07) is 1.31. The normalized spacial score (nSPS) is 22.6. The van der Waals surface area contributed by atoms with Crippen LogP contribution in [0.1, 0.15) is 42.5 Å². The number of rotatable bonds is 3. The molecule has 10 heteroatoms. The van der Waals surface area contributed by atoms with Crippen molar-refractivity contribution in [2.45, 2.75) is 63.6 Å². The zero-order chi connectivity index (χ0) is 22.0. The number of alkyl halides is 1. The molecule has 0 radical (unpaired) electrons. The highest BCUT2D eigenvalue weighted by Gasteiger charge is 2.33. The molecule has 0 saturated heterocycles. The third kappa shape index (κ3) is 3.56. The molecule has 0 fully saturated rings. The van der Waals surface area contributed by atoms with Gasteiger partial charge in [0.15, 0.2) is 9.92 Å². The highest BCUT2D eigenvalue weighted by atomic mass is 32.2. The van der Waals surface area contributed by atoms with Gasteiger partial charge in [0.05, 0.1) is 19.3 Å². The Bertz CT molecular complexity index is 1190. The molecule has 2 aliphatic carbocycles. The number of nitrogens with zero attached hydrogens (tertiary/aromatic N) is 2. The van der Waals surface area contributed by atoms with Gasteiger partial charge >= 0.3 is 6.03 Å². The van der Waals surface area contributed by atoms with Crippen LogP contribution in [0.25, 0.3) is 0 Å². The molecule has 2 atom stereocenters. The summed E-state index contributed by atoms with van der Waals surface area (Å²) < 4.78 is 45.1. The van der Waals surface area contributed by atoms with E-state index >= 15 is 0 Å². The summed E-state index contributed by atoms with van der Waals surface area (Å²) in [4.78, 5) is 12.8. The first-order valence-corrected chi connectivity index (χ1v) is 12.1. The van der Waals surface area contributed by atoms with Crippen LogP contribution in [-0.2, 0) is 42.1 Å². The van der Waals surface area contributed by atoms with Crippen molar-refractivity contribution < 1.29 is 18.1 Å². The van der Waals surface area contributed by atoms with Gasteiger partial charge in [0.1, 0.15) is 11.1 Å². The van der Waals surface area contributed by atoms with Crippen LogP contribution in [0.5, 0.6) is 5.88 Å². The Morgan fingerprint density at radius 1 is 1.32 bits per heavy atom. The highest BCUT2D eigenvalue weighted by molar-refractivity contribution is 7.91. The number of carbonyl (C=O) groups excluding carboxylic acids is 1. The standard InChI is InChI=1S/C21H26FN5O3S/c1-21(2)10-27-19(30-11-21)17(9-24-27)31(23,29)26-20(28)25-18-15-5-3-4-12(15)6-13-7-14(22)8-16(13)18/h6,9,14H,3-5,7-8,10-11H2,1-2H3,(H3,23,25,26,28,29)/t14-,31-/m1/s1. The molecular formula is C21H26FN5O3S. The van der Waals surface area contributed by atoms with Crippen molar-refractivity contribution in [3.8, 4) is 5.88 Å². The molecule has 0 spiro atoms. The average Bonchev–Trinajstić information content (AvgIpc) is 3.37. The summed E-state index contributed by atoms with van der Waals surface area (Å²) in [5, 5.41) is 6.98. The quantitative estimate of drug-likeness (QED) is 0.670. The molecular weight excluding hydrogens is 421 g/mol. The predicted molar refractivity (Wildman–Crippen MR) is 114 cm³/mol. The fraction of sp³-hybridized carbons (Fsp3) is 0.524. The van der Waals surface area contributed by atoms with E-state index in [2.05, 4.69) is 21.2 Å². The number of hydrogen-bond acceptors (Lipinski definition) is 5. The van der Waals surface area contributed by atoms with Crippen LogP contribution in [0.15, 0.2) is 17.2 Å². The molecule has 5 rings (SSSR count). The second-order valence-electron chi connectivity index (χ2n) is 9.42. The summed E-state index contributed by atoms with van der Waals surface area (Å²) in [7, 11) is -3.70. The summed E-state index contributed by atoms with van der Waals surface area (Å²) in [6.45, 7) is 5.02. The highest BCUT2D eigenvalue weighted by Crippen LogP contribution is 2.39. The number of aryl methyl sites for hydroxylation is 1. The molecule has 2 aromatic rings. The van der Waals surface area contributed by atoms with Crippen LogP contribution in [0.4, 0.5) is 14.9 Å². The van der Waals surface area contributed by atoms with Crippen molar-refractivity contribution in [1.29, 1.82) is 4.78 Å². The molecule has 2 amide bonds. The zero-order valence-electron chi connectivity index (χ0n) is 17.6. The van der Waals surface area contributed by atoms with Gasteiger partial charge in [-0.2, -0.15) is 5.10 Å². The van der Waals surface area contributed by atoms with Crippen LogP contribution in [-0.4, -0.2) is 32.8 Å². The summed E-state index contributed by atoms with van der Waals surface area (Å²) in [6.07, 6.45) is 3.67. The SMILES string of the molecule is CC1(C)COc2c([S@](=N)(=O)NC(=O)Nc3c4c(cc5c3C[C@H](F)C5)CCC4)cnn2C1. The first-order valence-electron chi connectivity index (χ1n) is 10.5. The van der Waals surface area contributed by atoms with E-state index in [4.69, 9.17) is 9.52 Å². The lowest BCUT2D eigenvalue weighted by atomic mass is 9.94. The van der Waals surface area contributed by atoms with E-state index in [1.165, 1.54) is 6.20 Å². The van der Waals surface area contributed by atoms with Crippen molar-refractivity contribution in [3.63, 3.8) is 0 Å². The number of ether oxygens (including phenoxy) is 1. The van der Waals surface area contributed by atoms with Crippen LogP contribution >= 0.6 is 0 Å². The van der Waals surface area contributed by atoms with E-state index in [9.17, 15) is 13.4 Å². The van der Waals surface area contributed by atoms with Crippen molar-refractivity contribution >= 4 is 21.6 Å². The first-order chi connectivity index (χ1) is 14.6. The number of benzene rings is 1. The Labute approximate surface area is 180 Å². The number of hydrogen-bond donors (Lipinski definition) is 3. The van der Waals surface area contributed by atoms with Gasteiger partial charge in [-0.1, -0.05) is 19.9 Å². The molecule has 1 aromatic heterocycles. The molecule has 0 bridgehead atoms. The Hall–Kier alpha value is -2.62. The number of urea groups is 1. The second-order valence-corrected chi connectivity index (χ2v) is 11.2. The third-order valence-corrected chi connectivity index (χ3v) is 7.56. The molecule has 2 heterocycles. The Morgan fingerprint density at radius 3 is 2.94 bits per heavy atom. The van der Waals surface area contributed by atoms with Gasteiger partial charge in [0, 0.05) is 23.9 Å². The first kappa shape index (κ1) is 20.3. The van der Waals surface area contributed by atoms with E-state index in [-0.39, 0.29) is 22.6 Å². The Morgan fingerprint density at radius 2 is 2.13 bits per heavy atom. The van der Waals surface area contributed by atoms with E-state index in [0.29, 0.717) is 25.3 Å². The minimum absolute atomic E-state index is 0.0468. The van der Waals surface area contributed by atoms with Gasteiger partial charge in [-0.15, -0.1) is 0 Å². The van der Waals surface area contributed by atoms with Gasteiger partial charge < -0.3 is 10.1 Å². The lowest BCUT2D eigenvalue weighted by Crippen LogP contribution is -2.36. The van der Waals surface area contributed by atoms with Crippen molar-refractivity contribution in [2.75, 3.05) is 11.9 Å². The molecule has 0 unspecified atom stereocenters. The average molecular weight is 448 g/mol. The van der Waals surface area contributed by atoms with Gasteiger partial charge in [0.2, 0.25) is 5.88 Å². The van der Waals surface area contributed by atoms with Crippen LogP contribution in [0, 0.1) is 10.2 Å². The van der Waals surface area contributed by atoms with Crippen molar-refractivity contribution in [3.05, 3.63) is 34.5 Å². The lowest BCUT2D eigenvalue weighted by Gasteiger charge is -2.30. The largest absolute Gasteiger partial charge is 0.476 e. The van der Waals surface area contributed by atoms with Crippen LogP contribution in [0.3, 0.4) is 0 Å². The van der Waals surface area contributed by atoms with E-state index in [1.54, 1.807) is 4.68 Å². The van der Waals surface area contributed by atoms with Gasteiger partial charge in [-0.3, -0.25) is 0 Å². The zero-order valence-corrected chi connectivity index (χ0v) is 18.4. The second kappa shape index (κ2) is 6.94. The number of amides is 2. The van der Waals surface area contributed by atoms with Crippen LogP contribution in [0.2, 0.25) is 0 Å².